The fourth-order valence-electron chi connectivity index (χ4n) is 5.25. The second kappa shape index (κ2) is 10.4. The Bertz CT molecular complexity index is 1240. The van der Waals surface area contributed by atoms with E-state index in [2.05, 4.69) is 30.9 Å². The lowest BCUT2D eigenvalue weighted by molar-refractivity contribution is 0.169. The summed E-state index contributed by atoms with van der Waals surface area (Å²) in [5, 5.41) is 10.1. The first-order chi connectivity index (χ1) is 17.4. The van der Waals surface area contributed by atoms with E-state index >= 15 is 0 Å². The third-order valence-corrected chi connectivity index (χ3v) is 7.45. The number of fused-ring (bicyclic) bond motifs is 1. The van der Waals surface area contributed by atoms with E-state index in [4.69, 9.17) is 9.47 Å². The number of phenolic OH excluding ortho intramolecular Hbond substituents is 1. The van der Waals surface area contributed by atoms with Crippen molar-refractivity contribution in [2.75, 3.05) is 19.7 Å². The van der Waals surface area contributed by atoms with Gasteiger partial charge in [0.2, 0.25) is 0 Å². The van der Waals surface area contributed by atoms with Crippen LogP contribution in [0.3, 0.4) is 0 Å². The summed E-state index contributed by atoms with van der Waals surface area (Å²) in [6.45, 7) is 9.03. The molecule has 3 aromatic rings. The van der Waals surface area contributed by atoms with Crippen LogP contribution in [0.2, 0.25) is 0 Å². The van der Waals surface area contributed by atoms with Crippen molar-refractivity contribution in [1.82, 2.24) is 4.90 Å². The summed E-state index contributed by atoms with van der Waals surface area (Å²) in [5.41, 5.74) is 5.51. The number of halogens is 1. The summed E-state index contributed by atoms with van der Waals surface area (Å²) >= 11 is 0. The van der Waals surface area contributed by atoms with Crippen LogP contribution in [0.5, 0.6) is 17.2 Å². The van der Waals surface area contributed by atoms with Gasteiger partial charge in [0.25, 0.3) is 0 Å². The Labute approximate surface area is 213 Å². The zero-order valence-electron chi connectivity index (χ0n) is 21.2. The average Bonchev–Trinajstić information content (AvgIpc) is 3.34. The lowest BCUT2D eigenvalue weighted by Gasteiger charge is -2.31. The first-order valence-electron chi connectivity index (χ1n) is 12.8. The van der Waals surface area contributed by atoms with Crippen LogP contribution in [0.15, 0.2) is 66.7 Å². The third-order valence-electron chi connectivity index (χ3n) is 7.45. The van der Waals surface area contributed by atoms with Gasteiger partial charge in [0.15, 0.2) is 0 Å². The van der Waals surface area contributed by atoms with Gasteiger partial charge >= 0.3 is 0 Å². The first kappa shape index (κ1) is 24.4. The van der Waals surface area contributed by atoms with Crippen molar-refractivity contribution in [3.63, 3.8) is 0 Å². The molecule has 1 saturated heterocycles. The predicted octanol–water partition coefficient (Wildman–Crippen LogP) is 7.04. The van der Waals surface area contributed by atoms with Gasteiger partial charge in [0, 0.05) is 23.7 Å². The molecule has 3 atom stereocenters. The average molecular weight is 488 g/mol. The lowest BCUT2D eigenvalue weighted by atomic mass is 9.86. The van der Waals surface area contributed by atoms with Gasteiger partial charge in [0.1, 0.15) is 36.6 Å². The molecule has 0 aliphatic carbocycles. The third kappa shape index (κ3) is 4.98. The fraction of sp³-hybridized carbons (Fsp3) is 0.355. The van der Waals surface area contributed by atoms with Gasteiger partial charge in [-0.15, -0.1) is 0 Å². The molecule has 0 radical (unpaired) electrons. The number of phenols is 1. The predicted molar refractivity (Wildman–Crippen MR) is 142 cm³/mol. The maximum absolute atomic E-state index is 13.1. The molecule has 36 heavy (non-hydrogen) atoms. The molecule has 2 aliphatic heterocycles. The van der Waals surface area contributed by atoms with Crippen molar-refractivity contribution in [3.05, 3.63) is 89.0 Å². The van der Waals surface area contributed by atoms with Crippen LogP contribution in [-0.4, -0.2) is 35.7 Å². The van der Waals surface area contributed by atoms with Crippen molar-refractivity contribution in [3.8, 4) is 17.2 Å². The monoisotopic (exact) mass is 487 g/mol. The standard InChI is InChI=1S/C31H34FNO3/c1-20-14-15-33(18-20)21(2)19-35-27-11-8-25(9-12-27)31-30(24-6-4-23(17-32)5-7-24)22(3)28-16-26(34)10-13-29(28)36-31/h4-13,16,20-21,31,34H,14-15,17-19H2,1-3H3. The number of rotatable bonds is 7. The normalized spacial score (nSPS) is 20.7. The Morgan fingerprint density at radius 2 is 1.83 bits per heavy atom. The fourth-order valence-corrected chi connectivity index (χ4v) is 5.25. The molecule has 0 spiro atoms. The van der Waals surface area contributed by atoms with Crippen LogP contribution in [0.4, 0.5) is 4.39 Å². The number of nitrogens with zero attached hydrogens (tertiary/aromatic N) is 1. The number of hydrogen-bond donors (Lipinski definition) is 1. The highest BCUT2D eigenvalue weighted by molar-refractivity contribution is 5.95. The Kier molecular flexibility index (Phi) is 7.01. The van der Waals surface area contributed by atoms with E-state index in [-0.39, 0.29) is 11.9 Å². The number of benzene rings is 3. The summed E-state index contributed by atoms with van der Waals surface area (Å²) < 4.78 is 25.8. The number of allylic oxidation sites excluding steroid dienone is 1. The highest BCUT2D eigenvalue weighted by Gasteiger charge is 2.30. The highest BCUT2D eigenvalue weighted by atomic mass is 19.1. The molecule has 0 amide bonds. The molecule has 1 fully saturated rings. The minimum absolute atomic E-state index is 0.196. The minimum Gasteiger partial charge on any atom is -0.508 e. The van der Waals surface area contributed by atoms with Crippen molar-refractivity contribution in [2.45, 2.75) is 46.0 Å². The SMILES string of the molecule is CC1=C(c2ccc(CF)cc2)C(c2ccc(OCC(C)N3CCC(C)C3)cc2)Oc2ccc(O)cc21. The number of ether oxygens (including phenoxy) is 2. The number of likely N-dealkylation sites (tertiary alicyclic amines) is 1. The van der Waals surface area contributed by atoms with E-state index in [0.29, 0.717) is 18.2 Å². The van der Waals surface area contributed by atoms with Gasteiger partial charge in [-0.1, -0.05) is 43.3 Å². The molecule has 3 unspecified atom stereocenters. The van der Waals surface area contributed by atoms with Crippen LogP contribution in [0, 0.1) is 5.92 Å². The van der Waals surface area contributed by atoms with Crippen molar-refractivity contribution >= 4 is 11.1 Å². The largest absolute Gasteiger partial charge is 0.508 e. The first-order valence-corrected chi connectivity index (χ1v) is 12.8. The van der Waals surface area contributed by atoms with E-state index in [1.54, 1.807) is 12.1 Å². The minimum atomic E-state index is -0.494. The second-order valence-corrected chi connectivity index (χ2v) is 10.2. The van der Waals surface area contributed by atoms with Crippen LogP contribution in [0.25, 0.3) is 11.1 Å². The number of hydrogen-bond acceptors (Lipinski definition) is 4. The molecular weight excluding hydrogens is 453 g/mol. The van der Waals surface area contributed by atoms with Crippen molar-refractivity contribution < 1.29 is 19.0 Å². The van der Waals surface area contributed by atoms with Crippen molar-refractivity contribution in [1.29, 1.82) is 0 Å². The molecule has 4 nitrogen and oxygen atoms in total. The highest BCUT2D eigenvalue weighted by Crippen LogP contribution is 2.47. The van der Waals surface area contributed by atoms with Crippen LogP contribution in [-0.2, 0) is 6.67 Å². The molecule has 188 valence electrons. The summed E-state index contributed by atoms with van der Waals surface area (Å²) in [5.74, 6) is 2.53. The smallest absolute Gasteiger partial charge is 0.150 e. The molecule has 5 rings (SSSR count). The quantitative estimate of drug-likeness (QED) is 0.388. The summed E-state index contributed by atoms with van der Waals surface area (Å²) in [4.78, 5) is 2.50. The number of alkyl halides is 1. The maximum Gasteiger partial charge on any atom is 0.150 e. The molecule has 5 heteroatoms. The Balaban J connectivity index is 1.40. The summed E-state index contributed by atoms with van der Waals surface area (Å²) in [6.07, 6.45) is 0.923. The molecule has 0 saturated carbocycles. The maximum atomic E-state index is 13.1. The van der Waals surface area contributed by atoms with E-state index in [9.17, 15) is 9.50 Å². The molecule has 2 heterocycles. The van der Waals surface area contributed by atoms with Crippen LogP contribution < -0.4 is 9.47 Å². The molecule has 1 N–H and O–H groups in total. The van der Waals surface area contributed by atoms with Crippen LogP contribution >= 0.6 is 0 Å². The van der Waals surface area contributed by atoms with Crippen molar-refractivity contribution in [2.24, 2.45) is 5.92 Å². The van der Waals surface area contributed by atoms with E-state index < -0.39 is 6.67 Å². The lowest BCUT2D eigenvalue weighted by Crippen LogP contribution is -2.35. The molecule has 0 bridgehead atoms. The molecule has 2 aliphatic rings. The van der Waals surface area contributed by atoms with E-state index in [1.165, 1.54) is 6.42 Å². The molecular formula is C31H34FNO3. The molecule has 3 aromatic carbocycles. The Hall–Kier alpha value is -3.31. The van der Waals surface area contributed by atoms with Gasteiger partial charge in [-0.3, -0.25) is 4.90 Å². The van der Waals surface area contributed by atoms with Gasteiger partial charge in [0.05, 0.1) is 0 Å². The van der Waals surface area contributed by atoms with Crippen LogP contribution in [0.1, 0.15) is 55.5 Å². The van der Waals surface area contributed by atoms with Gasteiger partial charge in [-0.05, 0) is 85.3 Å². The number of aromatic hydroxyl groups is 1. The second-order valence-electron chi connectivity index (χ2n) is 10.2. The van der Waals surface area contributed by atoms with Gasteiger partial charge < -0.3 is 14.6 Å². The van der Waals surface area contributed by atoms with E-state index in [0.717, 1.165) is 58.3 Å². The zero-order chi connectivity index (χ0) is 25.2. The summed E-state index contributed by atoms with van der Waals surface area (Å²) in [7, 11) is 0. The Morgan fingerprint density at radius 3 is 2.50 bits per heavy atom. The summed E-state index contributed by atoms with van der Waals surface area (Å²) in [6, 6.07) is 21.2. The molecule has 0 aromatic heterocycles. The van der Waals surface area contributed by atoms with E-state index in [1.807, 2.05) is 49.4 Å². The van der Waals surface area contributed by atoms with Gasteiger partial charge in [-0.2, -0.15) is 0 Å². The zero-order valence-corrected chi connectivity index (χ0v) is 21.2. The Morgan fingerprint density at radius 1 is 1.08 bits per heavy atom. The van der Waals surface area contributed by atoms with Gasteiger partial charge in [-0.25, -0.2) is 4.39 Å². The topological polar surface area (TPSA) is 41.9 Å².